The molecular formula is C15H14Br2FN. The number of benzene rings is 2. The summed E-state index contributed by atoms with van der Waals surface area (Å²) in [5, 5.41) is 3.38. The van der Waals surface area contributed by atoms with Crippen molar-refractivity contribution in [2.75, 3.05) is 5.32 Å². The van der Waals surface area contributed by atoms with Gasteiger partial charge in [0, 0.05) is 15.0 Å². The van der Waals surface area contributed by atoms with Crippen molar-refractivity contribution >= 4 is 37.5 Å². The highest BCUT2D eigenvalue weighted by atomic mass is 79.9. The molecule has 2 aromatic carbocycles. The standard InChI is InChI=1S/C15H14Br2FN/c1-9-6-7-11(8-14(9)18)10(2)19-15-12(16)4-3-5-13(15)17/h3-8,10,19H,1-2H3. The minimum atomic E-state index is -0.169. The molecule has 0 aliphatic rings. The Morgan fingerprint density at radius 3 is 2.32 bits per heavy atom. The maximum atomic E-state index is 13.6. The molecular weight excluding hydrogens is 373 g/mol. The van der Waals surface area contributed by atoms with Gasteiger partial charge in [-0.15, -0.1) is 0 Å². The lowest BCUT2D eigenvalue weighted by atomic mass is 10.1. The van der Waals surface area contributed by atoms with Crippen molar-refractivity contribution in [3.63, 3.8) is 0 Å². The molecule has 0 saturated carbocycles. The average molecular weight is 387 g/mol. The second-order valence-electron chi connectivity index (χ2n) is 4.47. The normalized spacial score (nSPS) is 12.3. The summed E-state index contributed by atoms with van der Waals surface area (Å²) in [5.41, 5.74) is 2.56. The predicted octanol–water partition coefficient (Wildman–Crippen LogP) is 5.83. The highest BCUT2D eigenvalue weighted by Crippen LogP contribution is 2.33. The fraction of sp³-hybridized carbons (Fsp3) is 0.200. The van der Waals surface area contributed by atoms with Gasteiger partial charge >= 0.3 is 0 Å². The Kier molecular flexibility index (Phi) is 4.63. The van der Waals surface area contributed by atoms with Gasteiger partial charge < -0.3 is 5.32 Å². The second-order valence-corrected chi connectivity index (χ2v) is 6.18. The van der Waals surface area contributed by atoms with Crippen LogP contribution in [0.2, 0.25) is 0 Å². The number of para-hydroxylation sites is 1. The predicted molar refractivity (Wildman–Crippen MR) is 85.0 cm³/mol. The molecule has 0 amide bonds. The van der Waals surface area contributed by atoms with E-state index in [9.17, 15) is 4.39 Å². The van der Waals surface area contributed by atoms with E-state index in [0.29, 0.717) is 5.56 Å². The van der Waals surface area contributed by atoms with E-state index < -0.39 is 0 Å². The third-order valence-corrected chi connectivity index (χ3v) is 4.34. The first-order chi connectivity index (χ1) is 8.99. The Balaban J connectivity index is 2.25. The van der Waals surface area contributed by atoms with Crippen LogP contribution in [0.4, 0.5) is 10.1 Å². The van der Waals surface area contributed by atoms with Crippen molar-refractivity contribution in [2.45, 2.75) is 19.9 Å². The van der Waals surface area contributed by atoms with Gasteiger partial charge in [-0.2, -0.15) is 0 Å². The van der Waals surface area contributed by atoms with E-state index in [0.717, 1.165) is 20.2 Å². The fourth-order valence-corrected chi connectivity index (χ4v) is 3.04. The van der Waals surface area contributed by atoms with Crippen LogP contribution in [-0.4, -0.2) is 0 Å². The van der Waals surface area contributed by atoms with Crippen molar-refractivity contribution in [1.29, 1.82) is 0 Å². The summed E-state index contributed by atoms with van der Waals surface area (Å²) < 4.78 is 15.5. The first-order valence-corrected chi connectivity index (χ1v) is 7.54. The van der Waals surface area contributed by atoms with E-state index in [-0.39, 0.29) is 11.9 Å². The van der Waals surface area contributed by atoms with Gasteiger partial charge in [0.2, 0.25) is 0 Å². The summed E-state index contributed by atoms with van der Waals surface area (Å²) in [5.74, 6) is -0.169. The highest BCUT2D eigenvalue weighted by Gasteiger charge is 2.11. The minimum absolute atomic E-state index is 0.0186. The van der Waals surface area contributed by atoms with Crippen LogP contribution in [0.5, 0.6) is 0 Å². The number of anilines is 1. The van der Waals surface area contributed by atoms with E-state index in [2.05, 4.69) is 37.2 Å². The largest absolute Gasteiger partial charge is 0.377 e. The van der Waals surface area contributed by atoms with Gasteiger partial charge in [-0.25, -0.2) is 4.39 Å². The van der Waals surface area contributed by atoms with Crippen LogP contribution < -0.4 is 5.32 Å². The molecule has 0 radical (unpaired) electrons. The van der Waals surface area contributed by atoms with E-state index >= 15 is 0 Å². The number of hydrogen-bond donors (Lipinski definition) is 1. The van der Waals surface area contributed by atoms with E-state index in [1.165, 1.54) is 0 Å². The number of halogens is 3. The van der Waals surface area contributed by atoms with Crippen LogP contribution in [0.25, 0.3) is 0 Å². The van der Waals surface area contributed by atoms with Crippen LogP contribution in [0.1, 0.15) is 24.1 Å². The van der Waals surface area contributed by atoms with Gasteiger partial charge in [0.25, 0.3) is 0 Å². The zero-order chi connectivity index (χ0) is 14.0. The molecule has 0 aliphatic carbocycles. The zero-order valence-corrected chi connectivity index (χ0v) is 13.8. The maximum Gasteiger partial charge on any atom is 0.126 e. The van der Waals surface area contributed by atoms with E-state index in [1.54, 1.807) is 19.1 Å². The minimum Gasteiger partial charge on any atom is -0.377 e. The highest BCUT2D eigenvalue weighted by molar-refractivity contribution is 9.11. The number of hydrogen-bond acceptors (Lipinski definition) is 1. The van der Waals surface area contributed by atoms with Crippen LogP contribution in [0, 0.1) is 12.7 Å². The van der Waals surface area contributed by atoms with Crippen molar-refractivity contribution < 1.29 is 4.39 Å². The van der Waals surface area contributed by atoms with Crippen molar-refractivity contribution in [2.24, 2.45) is 0 Å². The van der Waals surface area contributed by atoms with Gasteiger partial charge in [0.1, 0.15) is 5.82 Å². The van der Waals surface area contributed by atoms with Crippen LogP contribution in [0.3, 0.4) is 0 Å². The van der Waals surface area contributed by atoms with Crippen molar-refractivity contribution in [3.8, 4) is 0 Å². The monoisotopic (exact) mass is 385 g/mol. The lowest BCUT2D eigenvalue weighted by Crippen LogP contribution is -2.08. The molecule has 0 saturated heterocycles. The van der Waals surface area contributed by atoms with Crippen LogP contribution in [0.15, 0.2) is 45.3 Å². The average Bonchev–Trinajstić information content (AvgIpc) is 2.37. The fourth-order valence-electron chi connectivity index (χ4n) is 1.81. The molecule has 0 fully saturated rings. The van der Waals surface area contributed by atoms with Gasteiger partial charge in [-0.1, -0.05) is 18.2 Å². The van der Waals surface area contributed by atoms with Gasteiger partial charge in [-0.05, 0) is 75.0 Å². The molecule has 0 spiro atoms. The number of rotatable bonds is 3. The van der Waals surface area contributed by atoms with Crippen molar-refractivity contribution in [3.05, 3.63) is 62.3 Å². The molecule has 1 N–H and O–H groups in total. The van der Waals surface area contributed by atoms with Gasteiger partial charge in [0.15, 0.2) is 0 Å². The topological polar surface area (TPSA) is 12.0 Å². The summed E-state index contributed by atoms with van der Waals surface area (Å²) in [6.07, 6.45) is 0. The lowest BCUT2D eigenvalue weighted by Gasteiger charge is -2.18. The lowest BCUT2D eigenvalue weighted by molar-refractivity contribution is 0.614. The molecule has 0 aromatic heterocycles. The molecule has 0 bridgehead atoms. The first kappa shape index (κ1) is 14.5. The Morgan fingerprint density at radius 1 is 1.11 bits per heavy atom. The Morgan fingerprint density at radius 2 is 1.74 bits per heavy atom. The zero-order valence-electron chi connectivity index (χ0n) is 10.7. The third-order valence-electron chi connectivity index (χ3n) is 3.02. The quantitative estimate of drug-likeness (QED) is 0.699. The van der Waals surface area contributed by atoms with Gasteiger partial charge in [-0.3, -0.25) is 0 Å². The second kappa shape index (κ2) is 6.06. The molecule has 0 aliphatic heterocycles. The SMILES string of the molecule is Cc1ccc(C(C)Nc2c(Br)cccc2Br)cc1F. The summed E-state index contributed by atoms with van der Waals surface area (Å²) in [6.45, 7) is 3.78. The summed E-state index contributed by atoms with van der Waals surface area (Å²) in [4.78, 5) is 0. The number of aryl methyl sites for hydroxylation is 1. The summed E-state index contributed by atoms with van der Waals surface area (Å²) in [7, 11) is 0. The van der Waals surface area contributed by atoms with Gasteiger partial charge in [0.05, 0.1) is 5.69 Å². The smallest absolute Gasteiger partial charge is 0.126 e. The molecule has 1 unspecified atom stereocenters. The van der Waals surface area contributed by atoms with Crippen LogP contribution >= 0.6 is 31.9 Å². The molecule has 1 nitrogen and oxygen atoms in total. The molecule has 1 atom stereocenters. The molecule has 19 heavy (non-hydrogen) atoms. The molecule has 100 valence electrons. The van der Waals surface area contributed by atoms with Crippen LogP contribution in [-0.2, 0) is 0 Å². The number of nitrogens with one attached hydrogen (secondary N) is 1. The molecule has 2 rings (SSSR count). The Bertz CT molecular complexity index is 578. The first-order valence-electron chi connectivity index (χ1n) is 5.95. The van der Waals surface area contributed by atoms with E-state index in [4.69, 9.17) is 0 Å². The molecule has 0 heterocycles. The molecule has 4 heteroatoms. The van der Waals surface area contributed by atoms with E-state index in [1.807, 2.05) is 31.2 Å². The molecule has 2 aromatic rings. The Hall–Kier alpha value is -0.870. The maximum absolute atomic E-state index is 13.6. The Labute approximate surface area is 129 Å². The van der Waals surface area contributed by atoms with Crippen molar-refractivity contribution in [1.82, 2.24) is 0 Å². The summed E-state index contributed by atoms with van der Waals surface area (Å²) in [6, 6.07) is 11.2. The third kappa shape index (κ3) is 3.37. The summed E-state index contributed by atoms with van der Waals surface area (Å²) >= 11 is 7.02.